The van der Waals surface area contributed by atoms with E-state index in [-0.39, 0.29) is 6.61 Å². The molecule has 1 fully saturated rings. The summed E-state index contributed by atoms with van der Waals surface area (Å²) in [6, 6.07) is 0. The van der Waals surface area contributed by atoms with E-state index in [1.807, 2.05) is 0 Å². The highest BCUT2D eigenvalue weighted by atomic mass is 19.4. The van der Waals surface area contributed by atoms with Crippen LogP contribution >= 0.6 is 0 Å². The summed E-state index contributed by atoms with van der Waals surface area (Å²) >= 11 is 0. The van der Waals surface area contributed by atoms with Crippen LogP contribution < -0.4 is 5.32 Å². The second-order valence-electron chi connectivity index (χ2n) is 1.95. The van der Waals surface area contributed by atoms with E-state index in [1.54, 1.807) is 0 Å². The molecular formula is C5H7F3NO. The van der Waals surface area contributed by atoms with Gasteiger partial charge in [0.25, 0.3) is 0 Å². The van der Waals surface area contributed by atoms with Crippen LogP contribution in [0.4, 0.5) is 13.2 Å². The normalized spacial score (nSPS) is 28.5. The lowest BCUT2D eigenvalue weighted by molar-refractivity contribution is -0.215. The second kappa shape index (κ2) is 2.75. The third kappa shape index (κ3) is 1.85. The van der Waals surface area contributed by atoms with Gasteiger partial charge in [-0.05, 0) is 0 Å². The van der Waals surface area contributed by atoms with Crippen molar-refractivity contribution in [1.29, 1.82) is 0 Å². The predicted octanol–water partition coefficient (Wildman–Crippen LogP) is 0.699. The number of hydrogen-bond acceptors (Lipinski definition) is 2. The summed E-state index contributed by atoms with van der Waals surface area (Å²) in [6.07, 6.45) is -6.01. The number of nitrogens with one attached hydrogen (secondary N) is 1. The molecule has 1 rings (SSSR count). The van der Waals surface area contributed by atoms with Gasteiger partial charge in [0, 0.05) is 6.54 Å². The van der Waals surface area contributed by atoms with Gasteiger partial charge in [0.1, 0.15) is 0 Å². The first-order valence-corrected chi connectivity index (χ1v) is 2.86. The van der Waals surface area contributed by atoms with E-state index in [4.69, 9.17) is 0 Å². The van der Waals surface area contributed by atoms with Gasteiger partial charge in [0.05, 0.1) is 13.2 Å². The molecule has 2 nitrogen and oxygen atoms in total. The SMILES string of the molecule is FC(F)(F)C1[CH]NCCO1. The van der Waals surface area contributed by atoms with E-state index in [0.29, 0.717) is 6.54 Å². The van der Waals surface area contributed by atoms with Crippen LogP contribution in [0.25, 0.3) is 0 Å². The Morgan fingerprint density at radius 3 is 2.50 bits per heavy atom. The summed E-state index contributed by atoms with van der Waals surface area (Å²) in [5.74, 6) is 0. The molecule has 0 aromatic carbocycles. The Balaban J connectivity index is 2.39. The van der Waals surface area contributed by atoms with Crippen molar-refractivity contribution < 1.29 is 17.9 Å². The molecule has 1 N–H and O–H groups in total. The van der Waals surface area contributed by atoms with Crippen LogP contribution in [0.5, 0.6) is 0 Å². The molecule has 1 radical (unpaired) electrons. The molecular weight excluding hydrogens is 147 g/mol. The average molecular weight is 154 g/mol. The van der Waals surface area contributed by atoms with E-state index in [1.165, 1.54) is 0 Å². The summed E-state index contributed by atoms with van der Waals surface area (Å²) in [7, 11) is 0. The molecule has 1 aliphatic rings. The highest BCUT2D eigenvalue weighted by Gasteiger charge is 2.41. The fraction of sp³-hybridized carbons (Fsp3) is 0.800. The zero-order chi connectivity index (χ0) is 7.61. The van der Waals surface area contributed by atoms with Crippen molar-refractivity contribution in [3.8, 4) is 0 Å². The van der Waals surface area contributed by atoms with Crippen LogP contribution in [0.3, 0.4) is 0 Å². The quantitative estimate of drug-likeness (QED) is 0.554. The Kier molecular flexibility index (Phi) is 2.15. The van der Waals surface area contributed by atoms with Crippen molar-refractivity contribution in [3.63, 3.8) is 0 Å². The van der Waals surface area contributed by atoms with Crippen LogP contribution in [0.15, 0.2) is 0 Å². The van der Waals surface area contributed by atoms with Gasteiger partial charge in [0.15, 0.2) is 6.10 Å². The molecule has 0 aromatic rings. The summed E-state index contributed by atoms with van der Waals surface area (Å²) in [5.41, 5.74) is 0. The maximum Gasteiger partial charge on any atom is 0.416 e. The fourth-order valence-electron chi connectivity index (χ4n) is 0.672. The lowest BCUT2D eigenvalue weighted by atomic mass is 10.3. The molecule has 0 aliphatic carbocycles. The molecule has 1 unspecified atom stereocenters. The van der Waals surface area contributed by atoms with Crippen LogP contribution in [-0.2, 0) is 4.74 Å². The lowest BCUT2D eigenvalue weighted by Crippen LogP contribution is -2.42. The summed E-state index contributed by atoms with van der Waals surface area (Å²) < 4.78 is 39.6. The minimum Gasteiger partial charge on any atom is -0.366 e. The Hall–Kier alpha value is -0.290. The molecule has 5 heteroatoms. The summed E-state index contributed by atoms with van der Waals surface area (Å²) in [5, 5.41) is 2.47. The van der Waals surface area contributed by atoms with Crippen molar-refractivity contribution in [1.82, 2.24) is 5.32 Å². The number of halogens is 3. The molecule has 1 atom stereocenters. The van der Waals surface area contributed by atoms with E-state index < -0.39 is 12.3 Å². The van der Waals surface area contributed by atoms with E-state index in [0.717, 1.165) is 6.54 Å². The lowest BCUT2D eigenvalue weighted by Gasteiger charge is -2.24. The predicted molar refractivity (Wildman–Crippen MR) is 28.1 cm³/mol. The number of ether oxygens (including phenoxy) is 1. The van der Waals surface area contributed by atoms with Crippen LogP contribution in [0, 0.1) is 6.54 Å². The number of morpholine rings is 1. The molecule has 10 heavy (non-hydrogen) atoms. The minimum atomic E-state index is -4.27. The first-order valence-electron chi connectivity index (χ1n) is 2.86. The van der Waals surface area contributed by atoms with Gasteiger partial charge in [-0.1, -0.05) is 0 Å². The molecule has 1 aliphatic heterocycles. The van der Waals surface area contributed by atoms with Gasteiger partial charge in [-0.15, -0.1) is 0 Å². The van der Waals surface area contributed by atoms with Gasteiger partial charge in [-0.3, -0.25) is 0 Å². The Morgan fingerprint density at radius 2 is 2.20 bits per heavy atom. The standard InChI is InChI=1S/C5H7F3NO/c6-5(7,8)4-3-9-1-2-10-4/h3-4,9H,1-2H2. The summed E-state index contributed by atoms with van der Waals surface area (Å²) in [4.78, 5) is 0. The zero-order valence-corrected chi connectivity index (χ0v) is 5.11. The first kappa shape index (κ1) is 7.81. The maximum atomic E-state index is 11.7. The summed E-state index contributed by atoms with van der Waals surface area (Å²) in [6.45, 7) is 1.48. The number of alkyl halides is 3. The van der Waals surface area contributed by atoms with Gasteiger partial charge < -0.3 is 10.1 Å². The van der Waals surface area contributed by atoms with Crippen molar-refractivity contribution >= 4 is 0 Å². The maximum absolute atomic E-state index is 11.7. The van der Waals surface area contributed by atoms with E-state index in [2.05, 4.69) is 10.1 Å². The second-order valence-corrected chi connectivity index (χ2v) is 1.95. The average Bonchev–Trinajstić information content (AvgIpc) is 1.88. The van der Waals surface area contributed by atoms with Gasteiger partial charge in [-0.2, -0.15) is 13.2 Å². The number of hydrogen-bond donors (Lipinski definition) is 1. The minimum absolute atomic E-state index is 0.112. The van der Waals surface area contributed by atoms with Crippen molar-refractivity contribution in [3.05, 3.63) is 6.54 Å². The molecule has 59 valence electrons. The fourth-order valence-corrected chi connectivity index (χ4v) is 0.672. The number of rotatable bonds is 0. The molecule has 1 heterocycles. The Morgan fingerprint density at radius 1 is 1.50 bits per heavy atom. The van der Waals surface area contributed by atoms with Crippen molar-refractivity contribution in [2.75, 3.05) is 13.2 Å². The van der Waals surface area contributed by atoms with Gasteiger partial charge in [-0.25, -0.2) is 0 Å². The highest BCUT2D eigenvalue weighted by molar-refractivity contribution is 4.84. The van der Waals surface area contributed by atoms with Gasteiger partial charge >= 0.3 is 6.18 Å². The molecule has 0 amide bonds. The topological polar surface area (TPSA) is 21.3 Å². The van der Waals surface area contributed by atoms with Crippen molar-refractivity contribution in [2.24, 2.45) is 0 Å². The van der Waals surface area contributed by atoms with Gasteiger partial charge in [0.2, 0.25) is 0 Å². The van der Waals surface area contributed by atoms with E-state index >= 15 is 0 Å². The molecule has 0 saturated carbocycles. The monoisotopic (exact) mass is 154 g/mol. The third-order valence-electron chi connectivity index (χ3n) is 1.14. The molecule has 1 saturated heterocycles. The molecule has 0 aromatic heterocycles. The third-order valence-corrected chi connectivity index (χ3v) is 1.14. The van der Waals surface area contributed by atoms with Crippen LogP contribution in [0.2, 0.25) is 0 Å². The van der Waals surface area contributed by atoms with E-state index in [9.17, 15) is 13.2 Å². The molecule has 0 spiro atoms. The Bertz CT molecular complexity index is 108. The molecule has 0 bridgehead atoms. The van der Waals surface area contributed by atoms with Crippen molar-refractivity contribution in [2.45, 2.75) is 12.3 Å². The largest absolute Gasteiger partial charge is 0.416 e. The van der Waals surface area contributed by atoms with Crippen LogP contribution in [-0.4, -0.2) is 25.4 Å². The Labute approximate surface area is 56.4 Å². The smallest absolute Gasteiger partial charge is 0.366 e. The van der Waals surface area contributed by atoms with Crippen LogP contribution in [0.1, 0.15) is 0 Å². The zero-order valence-electron chi connectivity index (χ0n) is 5.11. The highest BCUT2D eigenvalue weighted by Crippen LogP contribution is 2.24. The first-order chi connectivity index (χ1) is 4.61.